The Morgan fingerprint density at radius 2 is 2.03 bits per heavy atom. The molecule has 1 aromatic carbocycles. The van der Waals surface area contributed by atoms with Gasteiger partial charge in [0.15, 0.2) is 11.0 Å². The SMILES string of the molecule is O=C(CSc1nnc(-c2cccnc2)n1-c1ccccc1Cl)NCc1ccco1. The van der Waals surface area contributed by atoms with Crippen LogP contribution in [0, 0.1) is 0 Å². The summed E-state index contributed by atoms with van der Waals surface area (Å²) in [5, 5.41) is 12.5. The average molecular weight is 426 g/mol. The van der Waals surface area contributed by atoms with Crippen LogP contribution in [0.25, 0.3) is 17.1 Å². The van der Waals surface area contributed by atoms with Gasteiger partial charge in [-0.2, -0.15) is 0 Å². The molecule has 0 atom stereocenters. The van der Waals surface area contributed by atoms with Crippen molar-refractivity contribution in [1.29, 1.82) is 0 Å². The van der Waals surface area contributed by atoms with Crippen molar-refractivity contribution in [3.05, 3.63) is 78.0 Å². The maximum atomic E-state index is 12.2. The summed E-state index contributed by atoms with van der Waals surface area (Å²) < 4.78 is 7.06. The molecule has 1 N–H and O–H groups in total. The van der Waals surface area contributed by atoms with Gasteiger partial charge in [-0.3, -0.25) is 14.3 Å². The Morgan fingerprint density at radius 1 is 1.14 bits per heavy atom. The zero-order chi connectivity index (χ0) is 20.1. The monoisotopic (exact) mass is 425 g/mol. The highest BCUT2D eigenvalue weighted by Crippen LogP contribution is 2.30. The molecule has 0 unspecified atom stereocenters. The lowest BCUT2D eigenvalue weighted by Gasteiger charge is -2.11. The number of halogens is 1. The third kappa shape index (κ3) is 4.49. The van der Waals surface area contributed by atoms with E-state index in [1.807, 2.05) is 41.0 Å². The number of hydrogen-bond acceptors (Lipinski definition) is 6. The number of carbonyl (C=O) groups is 1. The number of carbonyl (C=O) groups excluding carboxylic acids is 1. The van der Waals surface area contributed by atoms with Crippen LogP contribution >= 0.6 is 23.4 Å². The van der Waals surface area contributed by atoms with Crippen molar-refractivity contribution in [3.8, 4) is 17.1 Å². The largest absolute Gasteiger partial charge is 0.467 e. The number of pyridine rings is 1. The lowest BCUT2D eigenvalue weighted by atomic mass is 10.2. The van der Waals surface area contributed by atoms with E-state index in [1.165, 1.54) is 11.8 Å². The van der Waals surface area contributed by atoms with Crippen LogP contribution < -0.4 is 5.32 Å². The lowest BCUT2D eigenvalue weighted by Crippen LogP contribution is -2.24. The number of furan rings is 1. The number of aromatic nitrogens is 4. The first-order chi connectivity index (χ1) is 14.2. The first-order valence-corrected chi connectivity index (χ1v) is 10.1. The highest BCUT2D eigenvalue weighted by atomic mass is 35.5. The fourth-order valence-corrected chi connectivity index (χ4v) is 3.67. The van der Waals surface area contributed by atoms with Crippen molar-refractivity contribution in [2.45, 2.75) is 11.7 Å². The van der Waals surface area contributed by atoms with Crippen molar-refractivity contribution >= 4 is 29.3 Å². The van der Waals surface area contributed by atoms with Gasteiger partial charge in [0.2, 0.25) is 5.91 Å². The molecular formula is C20H16ClN5O2S. The molecule has 1 amide bonds. The molecule has 146 valence electrons. The number of nitrogens with one attached hydrogen (secondary N) is 1. The van der Waals surface area contributed by atoms with Gasteiger partial charge in [0.1, 0.15) is 5.76 Å². The Balaban J connectivity index is 1.57. The number of benzene rings is 1. The molecule has 0 aliphatic heterocycles. The summed E-state index contributed by atoms with van der Waals surface area (Å²) in [5.74, 6) is 1.34. The molecule has 0 fully saturated rings. The number of para-hydroxylation sites is 1. The van der Waals surface area contributed by atoms with Gasteiger partial charge in [-0.05, 0) is 36.4 Å². The van der Waals surface area contributed by atoms with E-state index in [9.17, 15) is 4.79 Å². The van der Waals surface area contributed by atoms with Gasteiger partial charge in [-0.25, -0.2) is 0 Å². The van der Waals surface area contributed by atoms with Crippen molar-refractivity contribution in [2.24, 2.45) is 0 Å². The third-order valence-electron chi connectivity index (χ3n) is 4.02. The fourth-order valence-electron chi connectivity index (χ4n) is 2.68. The number of hydrogen-bond donors (Lipinski definition) is 1. The summed E-state index contributed by atoms with van der Waals surface area (Å²) in [6, 6.07) is 14.7. The van der Waals surface area contributed by atoms with E-state index >= 15 is 0 Å². The number of rotatable bonds is 7. The average Bonchev–Trinajstić information content (AvgIpc) is 3.42. The van der Waals surface area contributed by atoms with E-state index in [1.54, 1.807) is 30.8 Å². The van der Waals surface area contributed by atoms with E-state index in [0.29, 0.717) is 28.3 Å². The zero-order valence-corrected chi connectivity index (χ0v) is 16.7. The molecule has 0 radical (unpaired) electrons. The second-order valence-electron chi connectivity index (χ2n) is 5.98. The molecule has 0 aliphatic rings. The van der Waals surface area contributed by atoms with Crippen LogP contribution in [0.5, 0.6) is 0 Å². The van der Waals surface area contributed by atoms with E-state index in [-0.39, 0.29) is 11.7 Å². The summed E-state index contributed by atoms with van der Waals surface area (Å²) in [5.41, 5.74) is 1.53. The number of nitrogens with zero attached hydrogens (tertiary/aromatic N) is 4. The molecule has 4 aromatic rings. The molecule has 0 spiro atoms. The smallest absolute Gasteiger partial charge is 0.230 e. The molecule has 3 heterocycles. The van der Waals surface area contributed by atoms with Crippen LogP contribution in [0.1, 0.15) is 5.76 Å². The van der Waals surface area contributed by atoms with Crippen LogP contribution in [-0.4, -0.2) is 31.4 Å². The summed E-state index contributed by atoms with van der Waals surface area (Å²) in [7, 11) is 0. The van der Waals surface area contributed by atoms with Crippen molar-refractivity contribution in [3.63, 3.8) is 0 Å². The van der Waals surface area contributed by atoms with E-state index in [4.69, 9.17) is 16.0 Å². The van der Waals surface area contributed by atoms with E-state index in [0.717, 1.165) is 11.3 Å². The summed E-state index contributed by atoms with van der Waals surface area (Å²) >= 11 is 7.70. The van der Waals surface area contributed by atoms with Crippen LogP contribution in [0.15, 0.2) is 76.8 Å². The van der Waals surface area contributed by atoms with Crippen LogP contribution in [0.2, 0.25) is 5.02 Å². The minimum absolute atomic E-state index is 0.136. The lowest BCUT2D eigenvalue weighted by molar-refractivity contribution is -0.118. The quantitative estimate of drug-likeness (QED) is 0.451. The first-order valence-electron chi connectivity index (χ1n) is 8.75. The highest BCUT2D eigenvalue weighted by molar-refractivity contribution is 7.99. The van der Waals surface area contributed by atoms with Gasteiger partial charge in [-0.15, -0.1) is 10.2 Å². The Kier molecular flexibility index (Phi) is 5.92. The van der Waals surface area contributed by atoms with Gasteiger partial charge in [0.05, 0.1) is 29.3 Å². The highest BCUT2D eigenvalue weighted by Gasteiger charge is 2.19. The molecule has 0 aliphatic carbocycles. The molecule has 9 heteroatoms. The minimum Gasteiger partial charge on any atom is -0.467 e. The second-order valence-corrected chi connectivity index (χ2v) is 7.33. The van der Waals surface area contributed by atoms with Crippen LogP contribution in [-0.2, 0) is 11.3 Å². The van der Waals surface area contributed by atoms with E-state index < -0.39 is 0 Å². The fraction of sp³-hybridized carbons (Fsp3) is 0.100. The minimum atomic E-state index is -0.136. The molecule has 0 saturated carbocycles. The van der Waals surface area contributed by atoms with E-state index in [2.05, 4.69) is 20.5 Å². The standard InChI is InChI=1S/C20H16ClN5O2S/c21-16-7-1-2-8-17(16)26-19(14-5-3-9-22-11-14)24-25-20(26)29-13-18(27)23-12-15-6-4-10-28-15/h1-11H,12-13H2,(H,23,27). The maximum absolute atomic E-state index is 12.2. The Morgan fingerprint density at radius 3 is 2.79 bits per heavy atom. The summed E-state index contributed by atoms with van der Waals surface area (Å²) in [4.78, 5) is 16.4. The second kappa shape index (κ2) is 8.93. The third-order valence-corrected chi connectivity index (χ3v) is 5.27. The molecule has 7 nitrogen and oxygen atoms in total. The molecule has 0 saturated heterocycles. The molecule has 4 rings (SSSR count). The van der Waals surface area contributed by atoms with Gasteiger partial charge < -0.3 is 9.73 Å². The molecular weight excluding hydrogens is 410 g/mol. The van der Waals surface area contributed by atoms with Gasteiger partial charge in [0.25, 0.3) is 0 Å². The number of amides is 1. The Labute approximate surface area is 176 Å². The predicted molar refractivity (Wildman–Crippen MR) is 111 cm³/mol. The molecule has 29 heavy (non-hydrogen) atoms. The Bertz CT molecular complexity index is 1100. The van der Waals surface area contributed by atoms with Crippen molar-refractivity contribution in [2.75, 3.05) is 5.75 Å². The van der Waals surface area contributed by atoms with Crippen molar-refractivity contribution in [1.82, 2.24) is 25.1 Å². The summed E-state index contributed by atoms with van der Waals surface area (Å²) in [6.07, 6.45) is 4.98. The predicted octanol–water partition coefficient (Wildman–Crippen LogP) is 3.98. The van der Waals surface area contributed by atoms with Gasteiger partial charge in [-0.1, -0.05) is 35.5 Å². The Hall–Kier alpha value is -3.10. The van der Waals surface area contributed by atoms with Gasteiger partial charge >= 0.3 is 0 Å². The normalized spacial score (nSPS) is 10.8. The first kappa shape index (κ1) is 19.2. The molecule has 0 bridgehead atoms. The van der Waals surface area contributed by atoms with Crippen LogP contribution in [0.3, 0.4) is 0 Å². The molecule has 3 aromatic heterocycles. The van der Waals surface area contributed by atoms with Crippen LogP contribution in [0.4, 0.5) is 0 Å². The summed E-state index contributed by atoms with van der Waals surface area (Å²) in [6.45, 7) is 0.338. The topological polar surface area (TPSA) is 85.8 Å². The number of thioether (sulfide) groups is 1. The van der Waals surface area contributed by atoms with Crippen molar-refractivity contribution < 1.29 is 9.21 Å². The maximum Gasteiger partial charge on any atom is 0.230 e. The van der Waals surface area contributed by atoms with Gasteiger partial charge in [0, 0.05) is 18.0 Å². The zero-order valence-electron chi connectivity index (χ0n) is 15.2.